The molecule has 26 heavy (non-hydrogen) atoms. The number of methoxy groups -OCH3 is 1. The number of fused-ring (bicyclic) bond motifs is 4. The van der Waals surface area contributed by atoms with Gasteiger partial charge in [-0.05, 0) is 31.4 Å². The van der Waals surface area contributed by atoms with Crippen LogP contribution in [0.2, 0.25) is 0 Å². The number of hydrogen-bond acceptors (Lipinski definition) is 4. The number of ether oxygens (including phenoxy) is 1. The SMILES string of the molecule is C/C=C1/CN2[C@H]3Cc4c([nH]c5ccccc45)[C@@H]2C[C@H]1[C@@]3(CO)C(=O)OC. The van der Waals surface area contributed by atoms with Crippen molar-refractivity contribution < 1.29 is 14.6 Å². The Morgan fingerprint density at radius 2 is 2.27 bits per heavy atom. The Balaban J connectivity index is 1.73. The van der Waals surface area contributed by atoms with Crippen molar-refractivity contribution in [3.63, 3.8) is 0 Å². The van der Waals surface area contributed by atoms with Crippen LogP contribution in [0.5, 0.6) is 0 Å². The molecule has 0 amide bonds. The molecule has 0 saturated carbocycles. The van der Waals surface area contributed by atoms with Crippen LogP contribution in [0.3, 0.4) is 0 Å². The van der Waals surface area contributed by atoms with Crippen LogP contribution in [-0.2, 0) is 16.0 Å². The number of carbonyl (C=O) groups is 1. The van der Waals surface area contributed by atoms with Gasteiger partial charge in [0.1, 0.15) is 5.41 Å². The lowest BCUT2D eigenvalue weighted by atomic mass is 9.55. The van der Waals surface area contributed by atoms with Gasteiger partial charge in [-0.3, -0.25) is 9.69 Å². The monoisotopic (exact) mass is 352 g/mol. The van der Waals surface area contributed by atoms with E-state index in [9.17, 15) is 9.90 Å². The Morgan fingerprint density at radius 1 is 1.46 bits per heavy atom. The number of rotatable bonds is 2. The smallest absolute Gasteiger partial charge is 0.316 e. The van der Waals surface area contributed by atoms with Crippen LogP contribution in [0, 0.1) is 11.3 Å². The third-order valence-corrected chi connectivity index (χ3v) is 7.06. The van der Waals surface area contributed by atoms with E-state index in [-0.39, 0.29) is 30.6 Å². The van der Waals surface area contributed by atoms with E-state index in [0.29, 0.717) is 0 Å². The molecule has 3 saturated heterocycles. The number of benzene rings is 1. The Bertz CT molecular complexity index is 930. The number of nitrogens with one attached hydrogen (secondary N) is 1. The molecule has 1 aromatic carbocycles. The fraction of sp³-hybridized carbons (Fsp3) is 0.476. The Hall–Kier alpha value is -2.11. The van der Waals surface area contributed by atoms with Crippen LogP contribution >= 0.6 is 0 Å². The highest BCUT2D eigenvalue weighted by Crippen LogP contribution is 2.59. The second kappa shape index (κ2) is 5.44. The van der Waals surface area contributed by atoms with Crippen LogP contribution in [0.4, 0.5) is 0 Å². The number of esters is 1. The van der Waals surface area contributed by atoms with Crippen LogP contribution in [0.1, 0.15) is 30.6 Å². The number of allylic oxidation sites excluding steroid dienone is 1. The number of H-pyrrole nitrogens is 1. The fourth-order valence-corrected chi connectivity index (χ4v) is 5.88. The second-order valence-electron chi connectivity index (χ2n) is 7.81. The molecule has 136 valence electrons. The Kier molecular flexibility index (Phi) is 3.37. The summed E-state index contributed by atoms with van der Waals surface area (Å²) in [4.78, 5) is 19.0. The quantitative estimate of drug-likeness (QED) is 0.644. The maximum Gasteiger partial charge on any atom is 0.316 e. The average molecular weight is 352 g/mol. The minimum Gasteiger partial charge on any atom is -0.468 e. The van der Waals surface area contributed by atoms with Crippen LogP contribution < -0.4 is 0 Å². The number of nitrogens with zero attached hydrogens (tertiary/aromatic N) is 1. The van der Waals surface area contributed by atoms with Crippen molar-refractivity contribution in [1.29, 1.82) is 0 Å². The predicted octanol–water partition coefficient (Wildman–Crippen LogP) is 2.57. The molecular weight excluding hydrogens is 328 g/mol. The van der Waals surface area contributed by atoms with Gasteiger partial charge in [-0.25, -0.2) is 0 Å². The van der Waals surface area contributed by atoms with Gasteiger partial charge in [-0.2, -0.15) is 0 Å². The molecule has 2 N–H and O–H groups in total. The summed E-state index contributed by atoms with van der Waals surface area (Å²) < 4.78 is 5.22. The summed E-state index contributed by atoms with van der Waals surface area (Å²) in [5, 5.41) is 11.7. The minimum atomic E-state index is -0.874. The molecule has 4 aliphatic rings. The molecule has 5 nitrogen and oxygen atoms in total. The lowest BCUT2D eigenvalue weighted by molar-refractivity contribution is -0.183. The lowest BCUT2D eigenvalue weighted by Crippen LogP contribution is -2.69. The van der Waals surface area contributed by atoms with Crippen molar-refractivity contribution in [2.75, 3.05) is 20.3 Å². The third kappa shape index (κ3) is 1.75. The molecule has 5 heteroatoms. The van der Waals surface area contributed by atoms with Crippen LogP contribution in [0.15, 0.2) is 35.9 Å². The molecule has 0 aliphatic carbocycles. The summed E-state index contributed by atoms with van der Waals surface area (Å²) in [6.45, 7) is 2.72. The van der Waals surface area contributed by atoms with Gasteiger partial charge in [0.2, 0.25) is 0 Å². The van der Waals surface area contributed by atoms with Crippen molar-refractivity contribution in [3.05, 3.63) is 47.2 Å². The van der Waals surface area contributed by atoms with Crippen molar-refractivity contribution in [1.82, 2.24) is 9.88 Å². The highest BCUT2D eigenvalue weighted by molar-refractivity contribution is 5.86. The number of aromatic amines is 1. The number of carbonyl (C=O) groups excluding carboxylic acids is 1. The Morgan fingerprint density at radius 3 is 3.00 bits per heavy atom. The van der Waals surface area contributed by atoms with E-state index < -0.39 is 5.41 Å². The maximum atomic E-state index is 12.9. The van der Waals surface area contributed by atoms with Gasteiger partial charge in [0.25, 0.3) is 0 Å². The first-order valence-electron chi connectivity index (χ1n) is 9.35. The summed E-state index contributed by atoms with van der Waals surface area (Å²) >= 11 is 0. The fourth-order valence-electron chi connectivity index (χ4n) is 5.88. The topological polar surface area (TPSA) is 65.6 Å². The normalized spacial score (nSPS) is 36.3. The Labute approximate surface area is 152 Å². The molecule has 5 atom stereocenters. The van der Waals surface area contributed by atoms with E-state index in [1.54, 1.807) is 0 Å². The van der Waals surface area contributed by atoms with E-state index in [1.165, 1.54) is 29.3 Å². The summed E-state index contributed by atoms with van der Waals surface area (Å²) in [5.74, 6) is -0.245. The van der Waals surface area contributed by atoms with E-state index in [4.69, 9.17) is 4.74 Å². The predicted molar refractivity (Wildman–Crippen MR) is 98.6 cm³/mol. The number of aliphatic hydroxyl groups excluding tert-OH is 1. The largest absolute Gasteiger partial charge is 0.468 e. The zero-order valence-corrected chi connectivity index (χ0v) is 15.2. The van der Waals surface area contributed by atoms with E-state index in [0.717, 1.165) is 24.9 Å². The molecule has 0 spiro atoms. The number of para-hydroxylation sites is 1. The van der Waals surface area contributed by atoms with Crippen molar-refractivity contribution in [2.24, 2.45) is 11.3 Å². The second-order valence-corrected chi connectivity index (χ2v) is 7.81. The number of piperidine rings is 3. The molecule has 4 aliphatic heterocycles. The van der Waals surface area contributed by atoms with E-state index in [1.807, 2.05) is 13.0 Å². The zero-order chi connectivity index (χ0) is 18.1. The van der Waals surface area contributed by atoms with Gasteiger partial charge in [0, 0.05) is 35.1 Å². The van der Waals surface area contributed by atoms with Gasteiger partial charge in [0.15, 0.2) is 0 Å². The van der Waals surface area contributed by atoms with Gasteiger partial charge in [0.05, 0.1) is 19.8 Å². The summed E-state index contributed by atoms with van der Waals surface area (Å²) in [6, 6.07) is 8.61. The zero-order valence-electron chi connectivity index (χ0n) is 15.2. The van der Waals surface area contributed by atoms with Crippen LogP contribution in [-0.4, -0.2) is 47.3 Å². The van der Waals surface area contributed by atoms with Gasteiger partial charge < -0.3 is 14.8 Å². The standard InChI is InChI=1S/C21H24N2O3/c1-3-12-10-23-17-9-15(12)21(11-24,20(25)26-2)18(23)8-14-13-6-4-5-7-16(13)22-19(14)17/h3-7,15,17-18,22,24H,8-11H2,1-2H3/b12-3-/t15-,17+,18+,21-/m1/s1. The number of aliphatic hydroxyl groups is 1. The molecule has 3 fully saturated rings. The summed E-state index contributed by atoms with van der Waals surface area (Å²) in [6.07, 6.45) is 3.72. The van der Waals surface area contributed by atoms with Gasteiger partial charge >= 0.3 is 5.97 Å². The lowest BCUT2D eigenvalue weighted by Gasteiger charge is -2.62. The molecule has 2 aromatic rings. The highest BCUT2D eigenvalue weighted by atomic mass is 16.5. The highest BCUT2D eigenvalue weighted by Gasteiger charge is 2.64. The molecule has 1 aromatic heterocycles. The average Bonchev–Trinajstić information content (AvgIpc) is 3.06. The first-order chi connectivity index (χ1) is 12.7. The number of aromatic nitrogens is 1. The van der Waals surface area contributed by atoms with Crippen molar-refractivity contribution in [3.8, 4) is 0 Å². The number of hydrogen-bond donors (Lipinski definition) is 2. The maximum absolute atomic E-state index is 12.9. The summed E-state index contributed by atoms with van der Waals surface area (Å²) in [5.41, 5.74) is 4.12. The molecule has 4 bridgehead atoms. The molecule has 1 unspecified atom stereocenters. The molecule has 0 radical (unpaired) electrons. The molecule has 5 heterocycles. The van der Waals surface area contributed by atoms with Gasteiger partial charge in [-0.1, -0.05) is 29.8 Å². The van der Waals surface area contributed by atoms with E-state index >= 15 is 0 Å². The van der Waals surface area contributed by atoms with E-state index in [2.05, 4.69) is 34.2 Å². The van der Waals surface area contributed by atoms with Crippen molar-refractivity contribution >= 4 is 16.9 Å². The first-order valence-corrected chi connectivity index (χ1v) is 9.35. The van der Waals surface area contributed by atoms with Gasteiger partial charge in [-0.15, -0.1) is 0 Å². The first kappa shape index (κ1) is 16.1. The molecule has 6 rings (SSSR count). The summed E-state index contributed by atoms with van der Waals surface area (Å²) in [7, 11) is 1.43. The van der Waals surface area contributed by atoms with Crippen molar-refractivity contribution in [2.45, 2.75) is 31.8 Å². The van der Waals surface area contributed by atoms with Crippen LogP contribution in [0.25, 0.3) is 10.9 Å². The minimum absolute atomic E-state index is 0.0286. The third-order valence-electron chi connectivity index (χ3n) is 7.06. The molecular formula is C21H24N2O3.